The molecule has 4 heteroatoms. The number of rotatable bonds is 9. The summed E-state index contributed by atoms with van der Waals surface area (Å²) in [5.41, 5.74) is 14.5. The van der Waals surface area contributed by atoms with Crippen molar-refractivity contribution < 1.29 is 0 Å². The average Bonchev–Trinajstić information content (AvgIpc) is 3.33. The fraction of sp³-hybridized carbons (Fsp3) is 0.0556. The molecule has 0 bridgehead atoms. The van der Waals surface area contributed by atoms with E-state index in [1.165, 1.54) is 27.8 Å². The summed E-state index contributed by atoms with van der Waals surface area (Å²) >= 11 is 0. The summed E-state index contributed by atoms with van der Waals surface area (Å²) in [4.78, 5) is 14.6. The van der Waals surface area contributed by atoms with Crippen LogP contribution in [0.5, 0.6) is 0 Å². The zero-order valence-electron chi connectivity index (χ0n) is 32.7. The Kier molecular flexibility index (Phi) is 11.6. The molecule has 0 fully saturated rings. The molecule has 1 N–H and O–H groups in total. The van der Waals surface area contributed by atoms with Crippen LogP contribution < -0.4 is 5.32 Å². The van der Waals surface area contributed by atoms with Crippen molar-refractivity contribution in [3.8, 4) is 22.3 Å². The predicted octanol–water partition coefficient (Wildman–Crippen LogP) is 12.9. The first kappa shape index (κ1) is 37.5. The van der Waals surface area contributed by atoms with Gasteiger partial charge in [-0.2, -0.15) is 0 Å². The van der Waals surface area contributed by atoms with Crippen molar-refractivity contribution in [2.45, 2.75) is 20.0 Å². The minimum Gasteiger partial charge on any atom is -0.324 e. The molecule has 7 aromatic carbocycles. The summed E-state index contributed by atoms with van der Waals surface area (Å²) in [6, 6.07) is 72.4. The minimum atomic E-state index is -0.421. The van der Waals surface area contributed by atoms with Gasteiger partial charge in [-0.3, -0.25) is 4.98 Å². The van der Waals surface area contributed by atoms with Crippen molar-refractivity contribution in [3.63, 3.8) is 0 Å². The Morgan fingerprint density at radius 1 is 0.379 bits per heavy atom. The second kappa shape index (κ2) is 18.0. The summed E-state index contributed by atoms with van der Waals surface area (Å²) in [5.74, 6) is 1.57. The summed E-state index contributed by atoms with van der Waals surface area (Å²) in [6.07, 6.45) is 3.26. The number of benzene rings is 7. The Balaban J connectivity index is 0.00000231. The van der Waals surface area contributed by atoms with Gasteiger partial charge in [-0.05, 0) is 73.9 Å². The highest BCUT2D eigenvalue weighted by Crippen LogP contribution is 2.38. The molecule has 1 aliphatic rings. The van der Waals surface area contributed by atoms with E-state index in [-0.39, 0.29) is 0 Å². The summed E-state index contributed by atoms with van der Waals surface area (Å²) in [7, 11) is 0. The molecule has 8 aromatic rings. The van der Waals surface area contributed by atoms with Crippen LogP contribution in [0.2, 0.25) is 0 Å². The van der Waals surface area contributed by atoms with Gasteiger partial charge >= 0.3 is 0 Å². The Bertz CT molecular complexity index is 2630. The van der Waals surface area contributed by atoms with Crippen molar-refractivity contribution >= 4 is 22.8 Å². The number of nitrogens with one attached hydrogen (secondary N) is 1. The fourth-order valence-corrected chi connectivity index (χ4v) is 7.30. The highest BCUT2D eigenvalue weighted by atomic mass is 15.2. The van der Waals surface area contributed by atoms with Crippen molar-refractivity contribution in [2.75, 3.05) is 0 Å². The third-order valence-corrected chi connectivity index (χ3v) is 10.0. The van der Waals surface area contributed by atoms with Crippen molar-refractivity contribution in [1.29, 1.82) is 0 Å². The maximum absolute atomic E-state index is 5.18. The fourth-order valence-electron chi connectivity index (χ4n) is 7.30. The first-order valence-electron chi connectivity index (χ1n) is 19.9. The second-order valence-corrected chi connectivity index (χ2v) is 13.7. The number of nitrogens with zero attached hydrogens (tertiary/aromatic N) is 3. The lowest BCUT2D eigenvalue weighted by atomic mass is 9.85. The van der Waals surface area contributed by atoms with E-state index in [0.29, 0.717) is 0 Å². The Hall–Kier alpha value is -7.43. The lowest BCUT2D eigenvalue weighted by Crippen LogP contribution is -2.36. The Morgan fingerprint density at radius 3 is 1.40 bits per heavy atom. The SMILES string of the molecule is CC.c1ccc(C2=NC(c3ccc(-c4cccc(C(=C(c5ccccc5)c5ccccc5)c5ccccc5)c4)cc3)N=C(c3cccc(-c4cccnc4)c3)N2)cc1. The molecule has 0 aliphatic carbocycles. The lowest BCUT2D eigenvalue weighted by molar-refractivity contribution is 0.756. The largest absolute Gasteiger partial charge is 0.324 e. The zero-order chi connectivity index (χ0) is 39.5. The number of aromatic nitrogens is 1. The highest BCUT2D eigenvalue weighted by molar-refractivity contribution is 6.16. The predicted molar refractivity (Wildman–Crippen MR) is 243 cm³/mol. The van der Waals surface area contributed by atoms with Crippen molar-refractivity contribution in [1.82, 2.24) is 10.3 Å². The highest BCUT2D eigenvalue weighted by Gasteiger charge is 2.22. The van der Waals surface area contributed by atoms with Crippen LogP contribution in [0.15, 0.2) is 229 Å². The van der Waals surface area contributed by atoms with Gasteiger partial charge < -0.3 is 5.32 Å². The molecular weight excluding hydrogens is 705 g/mol. The summed E-state index contributed by atoms with van der Waals surface area (Å²) in [5, 5.41) is 3.54. The van der Waals surface area contributed by atoms with Crippen LogP contribution in [0, 0.1) is 0 Å². The number of hydrogen-bond acceptors (Lipinski definition) is 4. The van der Waals surface area contributed by atoms with Crippen LogP contribution in [-0.2, 0) is 0 Å². The monoisotopic (exact) mass is 748 g/mol. The average molecular weight is 749 g/mol. The third-order valence-electron chi connectivity index (χ3n) is 10.0. The molecule has 2 heterocycles. The van der Waals surface area contributed by atoms with E-state index in [1.807, 2.05) is 44.3 Å². The van der Waals surface area contributed by atoms with E-state index < -0.39 is 6.17 Å². The van der Waals surface area contributed by atoms with Gasteiger partial charge in [-0.25, -0.2) is 9.98 Å². The molecule has 0 radical (unpaired) electrons. The Morgan fingerprint density at radius 2 is 0.828 bits per heavy atom. The zero-order valence-corrected chi connectivity index (χ0v) is 32.7. The Labute approximate surface area is 341 Å². The molecule has 280 valence electrons. The first-order chi connectivity index (χ1) is 28.8. The molecule has 9 rings (SSSR count). The molecular formula is C54H44N4. The number of amidine groups is 2. The minimum absolute atomic E-state index is 0.421. The van der Waals surface area contributed by atoms with Crippen LogP contribution in [0.3, 0.4) is 0 Å². The van der Waals surface area contributed by atoms with Gasteiger partial charge in [-0.15, -0.1) is 0 Å². The van der Waals surface area contributed by atoms with Crippen LogP contribution in [-0.4, -0.2) is 16.7 Å². The third kappa shape index (κ3) is 8.37. The standard InChI is InChI=1S/C52H38N4.C2H6/c1-5-16-38(17-6-1)48(39-18-7-2-8-19-39)49(40-20-9-3-10-21-40)45-26-13-24-43(34-45)37-29-31-42(32-30-37)51-54-50(41-22-11-4-12-23-41)55-52(56-51)46-27-14-25-44(35-46)47-28-15-33-53-36-47;1-2/h1-36,51H,(H,54,55,56);1-2H3. The van der Waals surface area contributed by atoms with Gasteiger partial charge in [0, 0.05) is 29.1 Å². The smallest absolute Gasteiger partial charge is 0.169 e. The van der Waals surface area contributed by atoms with E-state index >= 15 is 0 Å². The van der Waals surface area contributed by atoms with E-state index in [4.69, 9.17) is 9.98 Å². The molecule has 4 nitrogen and oxygen atoms in total. The molecule has 1 aliphatic heterocycles. The maximum Gasteiger partial charge on any atom is 0.169 e. The van der Waals surface area contributed by atoms with Crippen molar-refractivity contribution in [2.24, 2.45) is 9.98 Å². The topological polar surface area (TPSA) is 49.6 Å². The van der Waals surface area contributed by atoms with E-state index in [2.05, 4.69) is 192 Å². The molecule has 0 amide bonds. The molecule has 58 heavy (non-hydrogen) atoms. The molecule has 0 spiro atoms. The number of hydrogen-bond donors (Lipinski definition) is 1. The van der Waals surface area contributed by atoms with Crippen LogP contribution >= 0.6 is 0 Å². The van der Waals surface area contributed by atoms with Gasteiger partial charge in [0.15, 0.2) is 6.17 Å². The van der Waals surface area contributed by atoms with E-state index in [9.17, 15) is 0 Å². The summed E-state index contributed by atoms with van der Waals surface area (Å²) < 4.78 is 0. The first-order valence-corrected chi connectivity index (χ1v) is 19.9. The molecule has 1 aromatic heterocycles. The van der Waals surface area contributed by atoms with Gasteiger partial charge in [0.2, 0.25) is 0 Å². The van der Waals surface area contributed by atoms with Gasteiger partial charge in [0.05, 0.1) is 0 Å². The molecule has 0 saturated heterocycles. The summed E-state index contributed by atoms with van der Waals surface area (Å²) in [6.45, 7) is 4.00. The number of aliphatic imine (C=N–C) groups is 2. The van der Waals surface area contributed by atoms with Crippen LogP contribution in [0.1, 0.15) is 59.0 Å². The maximum atomic E-state index is 5.18. The van der Waals surface area contributed by atoms with E-state index in [1.54, 1.807) is 6.20 Å². The lowest BCUT2D eigenvalue weighted by Gasteiger charge is -2.23. The van der Waals surface area contributed by atoms with Crippen LogP contribution in [0.25, 0.3) is 33.4 Å². The number of pyridine rings is 1. The van der Waals surface area contributed by atoms with Gasteiger partial charge in [0.25, 0.3) is 0 Å². The normalized spacial score (nSPS) is 13.2. The molecule has 1 atom stereocenters. The van der Waals surface area contributed by atoms with Gasteiger partial charge in [0.1, 0.15) is 11.7 Å². The second-order valence-electron chi connectivity index (χ2n) is 13.7. The quantitative estimate of drug-likeness (QED) is 0.149. The van der Waals surface area contributed by atoms with Crippen LogP contribution in [0.4, 0.5) is 0 Å². The molecule has 0 saturated carbocycles. The van der Waals surface area contributed by atoms with Crippen molar-refractivity contribution in [3.05, 3.63) is 258 Å². The van der Waals surface area contributed by atoms with Gasteiger partial charge in [-0.1, -0.05) is 202 Å². The van der Waals surface area contributed by atoms with E-state index in [0.717, 1.165) is 56.2 Å². The molecule has 1 unspecified atom stereocenters.